The lowest BCUT2D eigenvalue weighted by molar-refractivity contribution is -0.125. The number of hydrogen-bond donors (Lipinski definition) is 2. The Morgan fingerprint density at radius 2 is 1.93 bits per heavy atom. The molecule has 0 fully saturated rings. The summed E-state index contributed by atoms with van der Waals surface area (Å²) in [6.07, 6.45) is 1.68. The second kappa shape index (κ2) is 5.44. The number of anilines is 2. The number of aromatic nitrogens is 2. The van der Waals surface area contributed by atoms with Gasteiger partial charge in [-0.05, 0) is 42.3 Å². The molecule has 1 atom stereocenters. The average Bonchev–Trinajstić information content (AvgIpc) is 3.16. The minimum atomic E-state index is -1.13. The van der Waals surface area contributed by atoms with Crippen molar-refractivity contribution < 1.29 is 9.59 Å². The van der Waals surface area contributed by atoms with Gasteiger partial charge in [0.1, 0.15) is 11.2 Å². The second-order valence-corrected chi connectivity index (χ2v) is 7.32. The highest BCUT2D eigenvalue weighted by Crippen LogP contribution is 2.50. The summed E-state index contributed by atoms with van der Waals surface area (Å²) < 4.78 is 1.68. The molecule has 2 aromatic carbocycles. The molecule has 2 aliphatic rings. The maximum absolute atomic E-state index is 13.1. The molecule has 134 valence electrons. The predicted molar refractivity (Wildman–Crippen MR) is 102 cm³/mol. The Hall–Kier alpha value is -3.12. The van der Waals surface area contributed by atoms with Crippen LogP contribution in [0, 0.1) is 6.92 Å². The van der Waals surface area contributed by atoms with E-state index in [-0.39, 0.29) is 18.2 Å². The Labute approximate surface area is 160 Å². The first kappa shape index (κ1) is 16.1. The number of carbonyl (C=O) groups excluding carboxylic acids is 2. The van der Waals surface area contributed by atoms with Crippen molar-refractivity contribution in [3.8, 4) is 5.69 Å². The molecule has 0 radical (unpaired) electrons. The lowest BCUT2D eigenvalue weighted by Gasteiger charge is -2.31. The molecule has 5 rings (SSSR count). The summed E-state index contributed by atoms with van der Waals surface area (Å²) in [5.74, 6) is 0.0459. The molecule has 1 unspecified atom stereocenters. The van der Waals surface area contributed by atoms with Crippen LogP contribution in [0.4, 0.5) is 11.5 Å². The first-order chi connectivity index (χ1) is 13.0. The van der Waals surface area contributed by atoms with Gasteiger partial charge in [-0.25, -0.2) is 4.68 Å². The fourth-order valence-corrected chi connectivity index (χ4v) is 4.22. The minimum absolute atomic E-state index is 0.0125. The van der Waals surface area contributed by atoms with E-state index in [1.54, 1.807) is 29.1 Å². The third kappa shape index (κ3) is 2.10. The molecule has 27 heavy (non-hydrogen) atoms. The molecule has 7 heteroatoms. The lowest BCUT2D eigenvalue weighted by Crippen LogP contribution is -2.43. The molecule has 0 aliphatic carbocycles. The normalized spacial score (nSPS) is 20.2. The number of para-hydroxylation sites is 1. The standard InChI is InChI=1S/C20H15ClN4O2/c1-11-4-2-3-5-16(11)25-18-14(10-22-25)20(9-17(26)24-18)13-8-12(21)6-7-15(13)23-19(20)27/h2-8,10H,9H2,1H3,(H,23,27)(H,24,26). The highest BCUT2D eigenvalue weighted by Gasteiger charge is 2.54. The first-order valence-corrected chi connectivity index (χ1v) is 8.94. The molecule has 2 N–H and O–H groups in total. The molecule has 2 amide bonds. The quantitative estimate of drug-likeness (QED) is 0.681. The molecule has 1 aromatic heterocycles. The van der Waals surface area contributed by atoms with Gasteiger partial charge in [0.2, 0.25) is 11.8 Å². The van der Waals surface area contributed by atoms with Gasteiger partial charge in [0.15, 0.2) is 0 Å². The molecule has 3 aromatic rings. The topological polar surface area (TPSA) is 76.0 Å². The van der Waals surface area contributed by atoms with E-state index in [9.17, 15) is 9.59 Å². The molecular formula is C20H15ClN4O2. The number of nitrogens with one attached hydrogen (secondary N) is 2. The summed E-state index contributed by atoms with van der Waals surface area (Å²) in [6.45, 7) is 1.97. The molecule has 6 nitrogen and oxygen atoms in total. The molecule has 1 spiro atoms. The summed E-state index contributed by atoms with van der Waals surface area (Å²) in [7, 11) is 0. The molecule has 0 saturated carbocycles. The van der Waals surface area contributed by atoms with Crippen LogP contribution in [0.3, 0.4) is 0 Å². The Morgan fingerprint density at radius 3 is 2.74 bits per heavy atom. The zero-order valence-electron chi connectivity index (χ0n) is 14.4. The van der Waals surface area contributed by atoms with Crippen LogP contribution in [-0.4, -0.2) is 21.6 Å². The van der Waals surface area contributed by atoms with Gasteiger partial charge in [-0.3, -0.25) is 9.59 Å². The number of rotatable bonds is 1. The van der Waals surface area contributed by atoms with Crippen LogP contribution in [-0.2, 0) is 15.0 Å². The summed E-state index contributed by atoms with van der Waals surface area (Å²) in [5, 5.41) is 10.8. The third-order valence-corrected chi connectivity index (χ3v) is 5.57. The van der Waals surface area contributed by atoms with E-state index in [0.29, 0.717) is 27.7 Å². The predicted octanol–water partition coefficient (Wildman–Crippen LogP) is 3.41. The van der Waals surface area contributed by atoms with Gasteiger partial charge in [0, 0.05) is 22.7 Å². The van der Waals surface area contributed by atoms with Crippen molar-refractivity contribution in [1.29, 1.82) is 0 Å². The number of halogens is 1. The summed E-state index contributed by atoms with van der Waals surface area (Å²) in [4.78, 5) is 25.7. The summed E-state index contributed by atoms with van der Waals surface area (Å²) in [5.41, 5.74) is 2.79. The lowest BCUT2D eigenvalue weighted by atomic mass is 9.72. The smallest absolute Gasteiger partial charge is 0.240 e. The molecule has 2 aliphatic heterocycles. The number of aryl methyl sites for hydroxylation is 1. The van der Waals surface area contributed by atoms with Gasteiger partial charge in [0.05, 0.1) is 11.9 Å². The van der Waals surface area contributed by atoms with Crippen LogP contribution in [0.1, 0.15) is 23.1 Å². The van der Waals surface area contributed by atoms with Crippen molar-refractivity contribution in [2.75, 3.05) is 10.6 Å². The maximum atomic E-state index is 13.1. The fraction of sp³-hybridized carbons (Fsp3) is 0.150. The van der Waals surface area contributed by atoms with E-state index in [0.717, 1.165) is 11.3 Å². The first-order valence-electron chi connectivity index (χ1n) is 8.56. The van der Waals surface area contributed by atoms with E-state index in [2.05, 4.69) is 15.7 Å². The third-order valence-electron chi connectivity index (χ3n) is 5.33. The highest BCUT2D eigenvalue weighted by molar-refractivity contribution is 6.31. The second-order valence-electron chi connectivity index (χ2n) is 6.88. The van der Waals surface area contributed by atoms with E-state index in [1.807, 2.05) is 31.2 Å². The summed E-state index contributed by atoms with van der Waals surface area (Å²) in [6, 6.07) is 13.0. The van der Waals surface area contributed by atoms with Gasteiger partial charge >= 0.3 is 0 Å². The van der Waals surface area contributed by atoms with Crippen molar-refractivity contribution >= 4 is 34.9 Å². The Morgan fingerprint density at radius 1 is 1.11 bits per heavy atom. The number of nitrogens with zero attached hydrogens (tertiary/aromatic N) is 2. The zero-order valence-corrected chi connectivity index (χ0v) is 15.2. The van der Waals surface area contributed by atoms with Crippen molar-refractivity contribution in [2.45, 2.75) is 18.8 Å². The highest BCUT2D eigenvalue weighted by atomic mass is 35.5. The molecule has 0 saturated heterocycles. The fourth-order valence-electron chi connectivity index (χ4n) is 4.05. The van der Waals surface area contributed by atoms with E-state index in [1.165, 1.54) is 0 Å². The van der Waals surface area contributed by atoms with Crippen LogP contribution in [0.2, 0.25) is 5.02 Å². The van der Waals surface area contributed by atoms with Gasteiger partial charge in [-0.2, -0.15) is 5.10 Å². The SMILES string of the molecule is Cc1ccccc1-n1ncc2c1NC(=O)CC21C(=O)Nc2ccc(Cl)cc21. The monoisotopic (exact) mass is 378 g/mol. The van der Waals surface area contributed by atoms with Crippen molar-refractivity contribution in [3.05, 3.63) is 70.4 Å². The van der Waals surface area contributed by atoms with E-state index in [4.69, 9.17) is 11.6 Å². The van der Waals surface area contributed by atoms with Crippen LogP contribution in [0.25, 0.3) is 5.69 Å². The van der Waals surface area contributed by atoms with E-state index < -0.39 is 5.41 Å². The zero-order chi connectivity index (χ0) is 18.8. The maximum Gasteiger partial charge on any atom is 0.240 e. The van der Waals surface area contributed by atoms with E-state index >= 15 is 0 Å². The Kier molecular flexibility index (Phi) is 3.24. The summed E-state index contributed by atoms with van der Waals surface area (Å²) >= 11 is 6.20. The Balaban J connectivity index is 1.79. The average molecular weight is 379 g/mol. The van der Waals surface area contributed by atoms with Crippen LogP contribution >= 0.6 is 11.6 Å². The number of hydrogen-bond acceptors (Lipinski definition) is 3. The van der Waals surface area contributed by atoms with Crippen LogP contribution in [0.5, 0.6) is 0 Å². The number of benzene rings is 2. The largest absolute Gasteiger partial charge is 0.325 e. The van der Waals surface area contributed by atoms with Gasteiger partial charge < -0.3 is 10.6 Å². The van der Waals surface area contributed by atoms with Gasteiger partial charge in [-0.15, -0.1) is 0 Å². The van der Waals surface area contributed by atoms with Gasteiger partial charge in [-0.1, -0.05) is 29.8 Å². The number of amides is 2. The number of fused-ring (bicyclic) bond motifs is 4. The minimum Gasteiger partial charge on any atom is -0.325 e. The van der Waals surface area contributed by atoms with Gasteiger partial charge in [0.25, 0.3) is 0 Å². The van der Waals surface area contributed by atoms with Crippen molar-refractivity contribution in [3.63, 3.8) is 0 Å². The Bertz CT molecular complexity index is 1140. The van der Waals surface area contributed by atoms with Crippen molar-refractivity contribution in [2.24, 2.45) is 0 Å². The van der Waals surface area contributed by atoms with Crippen LogP contribution in [0.15, 0.2) is 48.7 Å². The molecule has 3 heterocycles. The molecular weight excluding hydrogens is 364 g/mol. The number of carbonyl (C=O) groups is 2. The van der Waals surface area contributed by atoms with Crippen LogP contribution < -0.4 is 10.6 Å². The van der Waals surface area contributed by atoms with Crippen molar-refractivity contribution in [1.82, 2.24) is 9.78 Å². The molecule has 0 bridgehead atoms.